The minimum atomic E-state index is 0.459. The lowest BCUT2D eigenvalue weighted by molar-refractivity contribution is 0.590. The predicted octanol–water partition coefficient (Wildman–Crippen LogP) is 4.87. The third kappa shape index (κ3) is 2.27. The van der Waals surface area contributed by atoms with E-state index < -0.39 is 0 Å². The van der Waals surface area contributed by atoms with E-state index in [0.717, 1.165) is 18.4 Å². The Morgan fingerprint density at radius 2 is 1.95 bits per heavy atom. The van der Waals surface area contributed by atoms with Gasteiger partial charge in [0.2, 0.25) is 0 Å². The van der Waals surface area contributed by atoms with Crippen molar-refractivity contribution < 1.29 is 0 Å². The standard InChI is InChI=1S/C16H15Cl2N/c1-19-16-8-7-12-11(3-2-4-14(12)16)13-6-5-10(17)9-15(13)18/h2-6,9,16,19H,7-8H2,1H3. The molecule has 0 heterocycles. The monoisotopic (exact) mass is 291 g/mol. The SMILES string of the molecule is CNC1CCc2c(-c3ccc(Cl)cc3Cl)cccc21. The van der Waals surface area contributed by atoms with Gasteiger partial charge in [0.1, 0.15) is 0 Å². The summed E-state index contributed by atoms with van der Waals surface area (Å²) in [6, 6.07) is 12.6. The molecular formula is C16H15Cl2N. The van der Waals surface area contributed by atoms with Crippen molar-refractivity contribution in [2.45, 2.75) is 18.9 Å². The Morgan fingerprint density at radius 3 is 2.68 bits per heavy atom. The fourth-order valence-corrected chi connectivity index (χ4v) is 3.42. The summed E-state index contributed by atoms with van der Waals surface area (Å²) in [4.78, 5) is 0. The molecule has 3 rings (SSSR count). The highest BCUT2D eigenvalue weighted by Crippen LogP contribution is 2.40. The Hall–Kier alpha value is -1.02. The van der Waals surface area contributed by atoms with Crippen LogP contribution in [-0.4, -0.2) is 7.05 Å². The largest absolute Gasteiger partial charge is 0.313 e. The molecule has 0 saturated carbocycles. The Balaban J connectivity index is 2.14. The first kappa shape index (κ1) is 13.0. The molecule has 0 aromatic heterocycles. The van der Waals surface area contributed by atoms with Crippen LogP contribution in [0.25, 0.3) is 11.1 Å². The third-order valence-corrected chi connectivity index (χ3v) is 4.39. The second-order valence-electron chi connectivity index (χ2n) is 4.88. The van der Waals surface area contributed by atoms with E-state index in [-0.39, 0.29) is 0 Å². The van der Waals surface area contributed by atoms with Gasteiger partial charge in [-0.15, -0.1) is 0 Å². The van der Waals surface area contributed by atoms with Gasteiger partial charge >= 0.3 is 0 Å². The van der Waals surface area contributed by atoms with Crippen LogP contribution in [0, 0.1) is 0 Å². The predicted molar refractivity (Wildman–Crippen MR) is 82.0 cm³/mol. The fourth-order valence-electron chi connectivity index (χ4n) is 2.91. The van der Waals surface area contributed by atoms with Crippen LogP contribution in [0.4, 0.5) is 0 Å². The van der Waals surface area contributed by atoms with Gasteiger partial charge in [-0.3, -0.25) is 0 Å². The van der Waals surface area contributed by atoms with E-state index in [0.29, 0.717) is 16.1 Å². The Morgan fingerprint density at radius 1 is 1.11 bits per heavy atom. The lowest BCUT2D eigenvalue weighted by atomic mass is 9.96. The van der Waals surface area contributed by atoms with E-state index in [9.17, 15) is 0 Å². The van der Waals surface area contributed by atoms with Crippen molar-refractivity contribution in [2.24, 2.45) is 0 Å². The Bertz CT molecular complexity index is 622. The molecule has 1 nitrogen and oxygen atoms in total. The molecule has 2 aromatic carbocycles. The quantitative estimate of drug-likeness (QED) is 0.833. The number of nitrogens with one attached hydrogen (secondary N) is 1. The molecule has 1 aliphatic rings. The minimum absolute atomic E-state index is 0.459. The number of hydrogen-bond acceptors (Lipinski definition) is 1. The summed E-state index contributed by atoms with van der Waals surface area (Å²) in [5.74, 6) is 0. The summed E-state index contributed by atoms with van der Waals surface area (Å²) in [5, 5.41) is 4.76. The summed E-state index contributed by atoms with van der Waals surface area (Å²) in [6.07, 6.45) is 2.24. The van der Waals surface area contributed by atoms with Gasteiger partial charge in [-0.2, -0.15) is 0 Å². The molecule has 0 fully saturated rings. The average molecular weight is 292 g/mol. The van der Waals surface area contributed by atoms with Gasteiger partial charge in [-0.05, 0) is 48.7 Å². The molecular weight excluding hydrogens is 277 g/mol. The number of benzene rings is 2. The second kappa shape index (κ2) is 5.16. The normalized spacial score (nSPS) is 17.5. The van der Waals surface area contributed by atoms with Crippen molar-refractivity contribution >= 4 is 23.2 Å². The van der Waals surface area contributed by atoms with Crippen LogP contribution in [-0.2, 0) is 6.42 Å². The van der Waals surface area contributed by atoms with E-state index in [1.54, 1.807) is 0 Å². The van der Waals surface area contributed by atoms with Crippen molar-refractivity contribution in [2.75, 3.05) is 7.05 Å². The molecule has 0 spiro atoms. The van der Waals surface area contributed by atoms with E-state index in [1.807, 2.05) is 25.2 Å². The van der Waals surface area contributed by atoms with E-state index >= 15 is 0 Å². The topological polar surface area (TPSA) is 12.0 Å². The first-order chi connectivity index (χ1) is 9.20. The molecule has 0 aliphatic heterocycles. The molecule has 98 valence electrons. The van der Waals surface area contributed by atoms with E-state index in [2.05, 4.69) is 23.5 Å². The number of rotatable bonds is 2. The molecule has 19 heavy (non-hydrogen) atoms. The third-order valence-electron chi connectivity index (χ3n) is 3.84. The van der Waals surface area contributed by atoms with Gasteiger partial charge in [0.25, 0.3) is 0 Å². The highest BCUT2D eigenvalue weighted by Gasteiger charge is 2.24. The molecule has 1 aliphatic carbocycles. The zero-order chi connectivity index (χ0) is 13.4. The van der Waals surface area contributed by atoms with Crippen LogP contribution in [0.5, 0.6) is 0 Å². The Kier molecular flexibility index (Phi) is 3.53. The maximum absolute atomic E-state index is 6.34. The van der Waals surface area contributed by atoms with Gasteiger partial charge < -0.3 is 5.32 Å². The summed E-state index contributed by atoms with van der Waals surface area (Å²) < 4.78 is 0. The molecule has 1 atom stereocenters. The van der Waals surface area contributed by atoms with Crippen LogP contribution in [0.3, 0.4) is 0 Å². The van der Waals surface area contributed by atoms with Gasteiger partial charge in [0.15, 0.2) is 0 Å². The highest BCUT2D eigenvalue weighted by atomic mass is 35.5. The summed E-state index contributed by atoms with van der Waals surface area (Å²) in [6.45, 7) is 0. The lowest BCUT2D eigenvalue weighted by Crippen LogP contribution is -2.12. The molecule has 3 heteroatoms. The Labute approximate surface area is 123 Å². The number of hydrogen-bond donors (Lipinski definition) is 1. The van der Waals surface area contributed by atoms with Crippen LogP contribution >= 0.6 is 23.2 Å². The summed E-state index contributed by atoms with van der Waals surface area (Å²) in [7, 11) is 2.02. The second-order valence-corrected chi connectivity index (χ2v) is 5.72. The van der Waals surface area contributed by atoms with E-state index in [4.69, 9.17) is 23.2 Å². The fraction of sp³-hybridized carbons (Fsp3) is 0.250. The van der Waals surface area contributed by atoms with Crippen LogP contribution in [0.2, 0.25) is 10.0 Å². The van der Waals surface area contributed by atoms with Crippen molar-refractivity contribution in [3.8, 4) is 11.1 Å². The molecule has 0 bridgehead atoms. The minimum Gasteiger partial charge on any atom is -0.313 e. The van der Waals surface area contributed by atoms with Crippen LogP contribution in [0.1, 0.15) is 23.6 Å². The number of halogens is 2. The molecule has 0 saturated heterocycles. The smallest absolute Gasteiger partial charge is 0.0499 e. The van der Waals surface area contributed by atoms with Crippen LogP contribution < -0.4 is 5.32 Å². The molecule has 0 radical (unpaired) electrons. The molecule has 2 aromatic rings. The van der Waals surface area contributed by atoms with Gasteiger partial charge in [-0.25, -0.2) is 0 Å². The molecule has 0 amide bonds. The maximum atomic E-state index is 6.34. The average Bonchev–Trinajstić information content (AvgIpc) is 2.82. The first-order valence-corrected chi connectivity index (χ1v) is 7.21. The zero-order valence-corrected chi connectivity index (χ0v) is 12.2. The summed E-state index contributed by atoms with van der Waals surface area (Å²) in [5.41, 5.74) is 5.11. The zero-order valence-electron chi connectivity index (χ0n) is 10.7. The molecule has 1 N–H and O–H groups in total. The van der Waals surface area contributed by atoms with Gasteiger partial charge in [-0.1, -0.05) is 47.5 Å². The number of fused-ring (bicyclic) bond motifs is 1. The van der Waals surface area contributed by atoms with Crippen molar-refractivity contribution in [1.29, 1.82) is 0 Å². The maximum Gasteiger partial charge on any atom is 0.0499 e. The van der Waals surface area contributed by atoms with Crippen molar-refractivity contribution in [1.82, 2.24) is 5.32 Å². The molecule has 1 unspecified atom stereocenters. The lowest BCUT2D eigenvalue weighted by Gasteiger charge is -2.13. The highest BCUT2D eigenvalue weighted by molar-refractivity contribution is 6.36. The van der Waals surface area contributed by atoms with Gasteiger partial charge in [0.05, 0.1) is 0 Å². The van der Waals surface area contributed by atoms with Crippen LogP contribution in [0.15, 0.2) is 36.4 Å². The van der Waals surface area contributed by atoms with E-state index in [1.165, 1.54) is 16.7 Å². The summed E-state index contributed by atoms with van der Waals surface area (Å²) >= 11 is 12.3. The van der Waals surface area contributed by atoms with Crippen molar-refractivity contribution in [3.63, 3.8) is 0 Å². The van der Waals surface area contributed by atoms with Gasteiger partial charge in [0, 0.05) is 21.7 Å². The first-order valence-electron chi connectivity index (χ1n) is 6.45. The van der Waals surface area contributed by atoms with Crippen molar-refractivity contribution in [3.05, 3.63) is 57.6 Å².